The van der Waals surface area contributed by atoms with E-state index in [2.05, 4.69) is 58.9 Å². The lowest BCUT2D eigenvalue weighted by atomic mass is 10.0. The second-order valence-corrected chi connectivity index (χ2v) is 8.23. The number of amides is 1. The molecule has 6 nitrogen and oxygen atoms in total. The molecule has 1 amide bonds. The van der Waals surface area contributed by atoms with Crippen molar-refractivity contribution in [2.75, 3.05) is 11.1 Å². The third-order valence-corrected chi connectivity index (χ3v) is 5.96. The van der Waals surface area contributed by atoms with Crippen molar-refractivity contribution in [2.45, 2.75) is 37.2 Å². The van der Waals surface area contributed by atoms with E-state index < -0.39 is 0 Å². The van der Waals surface area contributed by atoms with Gasteiger partial charge in [-0.15, -0.1) is 10.2 Å². The molecule has 0 spiro atoms. The number of thioether (sulfide) groups is 1. The van der Waals surface area contributed by atoms with Gasteiger partial charge in [0.05, 0.1) is 24.6 Å². The summed E-state index contributed by atoms with van der Waals surface area (Å²) in [4.78, 5) is 12.3. The number of benzene rings is 1. The highest BCUT2D eigenvalue weighted by atomic mass is 32.2. The molecule has 2 aromatic heterocycles. The molecule has 8 heteroatoms. The van der Waals surface area contributed by atoms with E-state index in [4.69, 9.17) is 4.42 Å². The lowest BCUT2D eigenvalue weighted by Gasteiger charge is -2.17. The molecule has 0 bridgehead atoms. The minimum Gasteiger partial charge on any atom is -0.467 e. The Hall–Kier alpha value is -2.32. The van der Waals surface area contributed by atoms with Crippen molar-refractivity contribution >= 4 is 34.1 Å². The highest BCUT2D eigenvalue weighted by Crippen LogP contribution is 2.26. The quantitative estimate of drug-likeness (QED) is 0.516. The van der Waals surface area contributed by atoms with Crippen LogP contribution in [0.25, 0.3) is 0 Å². The second kappa shape index (κ2) is 9.57. The molecule has 3 aromatic rings. The van der Waals surface area contributed by atoms with Gasteiger partial charge < -0.3 is 15.1 Å². The summed E-state index contributed by atoms with van der Waals surface area (Å²) in [6.07, 6.45) is 2.48. The highest BCUT2D eigenvalue weighted by Gasteiger charge is 2.14. The molecule has 0 aliphatic rings. The molecular formula is C19H22N4O2S2. The predicted molar refractivity (Wildman–Crippen MR) is 109 cm³/mol. The van der Waals surface area contributed by atoms with Gasteiger partial charge in [-0.3, -0.25) is 4.79 Å². The van der Waals surface area contributed by atoms with Gasteiger partial charge in [0, 0.05) is 0 Å². The smallest absolute Gasteiger partial charge is 0.230 e. The zero-order chi connectivity index (χ0) is 19.1. The summed E-state index contributed by atoms with van der Waals surface area (Å²) < 4.78 is 6.03. The number of aryl methyl sites for hydroxylation is 1. The predicted octanol–water partition coefficient (Wildman–Crippen LogP) is 4.41. The van der Waals surface area contributed by atoms with Crippen LogP contribution in [0.15, 0.2) is 51.4 Å². The largest absolute Gasteiger partial charge is 0.467 e. The van der Waals surface area contributed by atoms with Crippen LogP contribution < -0.4 is 10.6 Å². The van der Waals surface area contributed by atoms with E-state index in [1.165, 1.54) is 28.7 Å². The number of anilines is 1. The molecule has 142 valence electrons. The maximum Gasteiger partial charge on any atom is 0.230 e. The molecule has 2 N–H and O–H groups in total. The molecule has 0 unspecified atom stereocenters. The topological polar surface area (TPSA) is 80.0 Å². The number of furan rings is 1. The fourth-order valence-electron chi connectivity index (χ4n) is 2.50. The van der Waals surface area contributed by atoms with E-state index in [9.17, 15) is 4.79 Å². The molecule has 0 aliphatic carbocycles. The first-order valence-electron chi connectivity index (χ1n) is 8.72. The number of rotatable bonds is 9. The van der Waals surface area contributed by atoms with Crippen LogP contribution in [0.4, 0.5) is 5.13 Å². The maximum atomic E-state index is 12.3. The first-order chi connectivity index (χ1) is 13.1. The van der Waals surface area contributed by atoms with Crippen LogP contribution >= 0.6 is 23.1 Å². The van der Waals surface area contributed by atoms with Crippen LogP contribution in [-0.2, 0) is 11.3 Å². The van der Waals surface area contributed by atoms with Gasteiger partial charge in [0.15, 0.2) is 4.34 Å². The van der Waals surface area contributed by atoms with Crippen molar-refractivity contribution < 1.29 is 9.21 Å². The summed E-state index contributed by atoms with van der Waals surface area (Å²) in [5.74, 6) is 1.14. The third-order valence-electron chi connectivity index (χ3n) is 3.95. The van der Waals surface area contributed by atoms with Gasteiger partial charge in [-0.1, -0.05) is 59.9 Å². The van der Waals surface area contributed by atoms with E-state index in [1.807, 2.05) is 12.1 Å². The van der Waals surface area contributed by atoms with Gasteiger partial charge in [-0.2, -0.15) is 0 Å². The normalized spacial score (nSPS) is 11.9. The minimum atomic E-state index is -0.00674. The Bertz CT molecular complexity index is 847. The molecule has 0 saturated heterocycles. The number of nitrogens with zero attached hydrogens (tertiary/aromatic N) is 2. The average molecular weight is 403 g/mol. The van der Waals surface area contributed by atoms with Crippen molar-refractivity contribution in [3.8, 4) is 0 Å². The monoisotopic (exact) mass is 402 g/mol. The van der Waals surface area contributed by atoms with E-state index in [0.717, 1.165) is 22.1 Å². The number of hydrogen-bond acceptors (Lipinski definition) is 7. The molecule has 1 aromatic carbocycles. The fourth-order valence-corrected chi connectivity index (χ4v) is 4.06. The van der Waals surface area contributed by atoms with E-state index in [0.29, 0.717) is 17.4 Å². The zero-order valence-electron chi connectivity index (χ0n) is 15.3. The van der Waals surface area contributed by atoms with E-state index in [-0.39, 0.29) is 11.9 Å². The average Bonchev–Trinajstić information content (AvgIpc) is 3.35. The molecule has 3 rings (SSSR count). The van der Waals surface area contributed by atoms with Crippen molar-refractivity contribution in [1.29, 1.82) is 0 Å². The Balaban J connectivity index is 1.46. The highest BCUT2D eigenvalue weighted by molar-refractivity contribution is 8.01. The first-order valence-corrected chi connectivity index (χ1v) is 10.5. The Morgan fingerprint density at radius 2 is 2.07 bits per heavy atom. The number of carbonyl (C=O) groups excluding carboxylic acids is 1. The van der Waals surface area contributed by atoms with Crippen LogP contribution in [0.2, 0.25) is 0 Å². The van der Waals surface area contributed by atoms with Gasteiger partial charge in [0.2, 0.25) is 11.0 Å². The van der Waals surface area contributed by atoms with Gasteiger partial charge in [0.25, 0.3) is 0 Å². The molecule has 27 heavy (non-hydrogen) atoms. The van der Waals surface area contributed by atoms with Crippen LogP contribution in [0.1, 0.15) is 36.3 Å². The van der Waals surface area contributed by atoms with Crippen molar-refractivity contribution in [3.05, 3.63) is 59.5 Å². The fraction of sp³-hybridized carbons (Fsp3) is 0.316. The Morgan fingerprint density at radius 1 is 1.26 bits per heavy atom. The van der Waals surface area contributed by atoms with Crippen LogP contribution in [-0.4, -0.2) is 21.9 Å². The van der Waals surface area contributed by atoms with Gasteiger partial charge in [-0.25, -0.2) is 0 Å². The van der Waals surface area contributed by atoms with Crippen molar-refractivity contribution in [1.82, 2.24) is 15.5 Å². The lowest BCUT2D eigenvalue weighted by molar-refractivity contribution is -0.119. The molecule has 0 saturated carbocycles. The number of carbonyl (C=O) groups is 1. The zero-order valence-corrected chi connectivity index (χ0v) is 16.9. The number of nitrogens with one attached hydrogen (secondary N) is 2. The first kappa shape index (κ1) is 19.4. The van der Waals surface area contributed by atoms with E-state index >= 15 is 0 Å². The number of aromatic nitrogens is 2. The summed E-state index contributed by atoms with van der Waals surface area (Å²) in [7, 11) is 0. The van der Waals surface area contributed by atoms with Gasteiger partial charge >= 0.3 is 0 Å². The summed E-state index contributed by atoms with van der Waals surface area (Å²) in [5.41, 5.74) is 2.34. The third kappa shape index (κ3) is 5.83. The summed E-state index contributed by atoms with van der Waals surface area (Å²) in [6, 6.07) is 12.0. The Morgan fingerprint density at radius 3 is 2.78 bits per heavy atom. The summed E-state index contributed by atoms with van der Waals surface area (Å²) in [5, 5.41) is 15.2. The molecule has 0 fully saturated rings. The maximum absolute atomic E-state index is 12.3. The Kier molecular flexibility index (Phi) is 6.89. The SMILES string of the molecule is CC[C@@H](NC(=O)CSc1nnc(NCc2ccco2)s1)c1ccc(C)cc1. The van der Waals surface area contributed by atoms with Crippen LogP contribution in [0, 0.1) is 6.92 Å². The lowest BCUT2D eigenvalue weighted by Crippen LogP contribution is -2.29. The second-order valence-electron chi connectivity index (χ2n) is 6.03. The van der Waals surface area contributed by atoms with Gasteiger partial charge in [-0.05, 0) is 31.0 Å². The molecule has 0 aliphatic heterocycles. The Labute approximate surface area is 166 Å². The standard InChI is InChI=1S/C19H22N4O2S2/c1-3-16(14-8-6-13(2)7-9-14)21-17(24)12-26-19-23-22-18(27-19)20-11-15-5-4-10-25-15/h4-10,16H,3,11-12H2,1-2H3,(H,20,22)(H,21,24)/t16-/m1/s1. The molecule has 1 atom stereocenters. The molecule has 0 radical (unpaired) electrons. The van der Waals surface area contributed by atoms with E-state index in [1.54, 1.807) is 6.26 Å². The summed E-state index contributed by atoms with van der Waals surface area (Å²) >= 11 is 2.82. The van der Waals surface area contributed by atoms with Gasteiger partial charge in [0.1, 0.15) is 5.76 Å². The molecule has 2 heterocycles. The molecular weight excluding hydrogens is 380 g/mol. The minimum absolute atomic E-state index is 0.00674. The van der Waals surface area contributed by atoms with Crippen LogP contribution in [0.3, 0.4) is 0 Å². The number of hydrogen-bond donors (Lipinski definition) is 2. The van der Waals surface area contributed by atoms with Crippen LogP contribution in [0.5, 0.6) is 0 Å². The summed E-state index contributed by atoms with van der Waals surface area (Å²) in [6.45, 7) is 4.68. The van der Waals surface area contributed by atoms with Crippen molar-refractivity contribution in [3.63, 3.8) is 0 Å². The van der Waals surface area contributed by atoms with Crippen molar-refractivity contribution in [2.24, 2.45) is 0 Å².